The Morgan fingerprint density at radius 2 is 1.85 bits per heavy atom. The Kier molecular flexibility index (Phi) is 8.28. The number of rotatable bonds is 8. The molecule has 2 aliphatic rings. The molecule has 218 valence electrons. The standard InChI is InChI=1S/C30H38N6O4S/c1-7-36(5)29-33-14-19(15-34-29)22-13-21(27(37)32-16-23-24(41-6)12-17(2)35-28(23)38)18(3)25-26(22)40-30(4,39-25)20-8-10-31-11-9-20/h12-15,20,31H,7-11,16H2,1-6H3,(H,32,37)(H,35,38). The van der Waals surface area contributed by atoms with Crippen LogP contribution in [0.15, 0.2) is 34.2 Å². The van der Waals surface area contributed by atoms with Crippen LogP contribution < -0.4 is 30.6 Å². The van der Waals surface area contributed by atoms with Crippen LogP contribution in [0.1, 0.15) is 53.9 Å². The third-order valence-corrected chi connectivity index (χ3v) is 8.86. The molecular weight excluding hydrogens is 540 g/mol. The highest BCUT2D eigenvalue weighted by Gasteiger charge is 2.46. The minimum atomic E-state index is -0.856. The van der Waals surface area contributed by atoms with Gasteiger partial charge >= 0.3 is 0 Å². The fourth-order valence-corrected chi connectivity index (χ4v) is 6.15. The number of H-pyrrole nitrogens is 1. The van der Waals surface area contributed by atoms with Gasteiger partial charge in [-0.15, -0.1) is 11.8 Å². The largest absolute Gasteiger partial charge is 0.448 e. The second kappa shape index (κ2) is 11.7. The number of fused-ring (bicyclic) bond motifs is 1. The maximum atomic E-state index is 13.7. The molecule has 1 unspecified atom stereocenters. The van der Waals surface area contributed by atoms with Crippen LogP contribution in [0.2, 0.25) is 0 Å². The summed E-state index contributed by atoms with van der Waals surface area (Å²) in [5.74, 6) is 0.797. The Labute approximate surface area is 244 Å². The first kappa shape index (κ1) is 28.9. The summed E-state index contributed by atoms with van der Waals surface area (Å²) in [4.78, 5) is 41.1. The average Bonchev–Trinajstić information content (AvgIpc) is 3.35. The molecule has 0 saturated carbocycles. The van der Waals surface area contributed by atoms with E-state index in [4.69, 9.17) is 9.47 Å². The molecule has 1 aromatic carbocycles. The number of thioether (sulfide) groups is 1. The van der Waals surface area contributed by atoms with Gasteiger partial charge in [0.25, 0.3) is 17.3 Å². The van der Waals surface area contributed by atoms with Crippen molar-refractivity contribution in [2.45, 2.75) is 57.8 Å². The third kappa shape index (κ3) is 5.65. The highest BCUT2D eigenvalue weighted by atomic mass is 32.2. The summed E-state index contributed by atoms with van der Waals surface area (Å²) in [6, 6.07) is 3.73. The number of benzene rings is 1. The van der Waals surface area contributed by atoms with E-state index in [1.54, 1.807) is 12.4 Å². The molecule has 2 aromatic heterocycles. The molecule has 4 heterocycles. The van der Waals surface area contributed by atoms with Crippen LogP contribution in [-0.4, -0.2) is 59.6 Å². The molecule has 11 heteroatoms. The number of hydrogen-bond donors (Lipinski definition) is 3. The summed E-state index contributed by atoms with van der Waals surface area (Å²) in [5, 5.41) is 6.36. The molecule has 1 amide bonds. The molecule has 0 bridgehead atoms. The Balaban J connectivity index is 1.53. The number of carbonyl (C=O) groups excluding carboxylic acids is 1. The monoisotopic (exact) mass is 578 g/mol. The molecule has 3 N–H and O–H groups in total. The summed E-state index contributed by atoms with van der Waals surface area (Å²) < 4.78 is 13.2. The zero-order chi connectivity index (χ0) is 29.3. The van der Waals surface area contributed by atoms with E-state index in [0.717, 1.165) is 48.6 Å². The van der Waals surface area contributed by atoms with Crippen LogP contribution >= 0.6 is 11.8 Å². The lowest BCUT2D eigenvalue weighted by Gasteiger charge is -2.35. The Hall–Kier alpha value is -3.57. The van der Waals surface area contributed by atoms with Crippen LogP contribution in [0.5, 0.6) is 11.5 Å². The first-order valence-electron chi connectivity index (χ1n) is 14.0. The maximum Gasteiger partial charge on any atom is 0.254 e. The summed E-state index contributed by atoms with van der Waals surface area (Å²) in [6.07, 6.45) is 7.27. The van der Waals surface area contributed by atoms with Gasteiger partial charge in [-0.3, -0.25) is 9.59 Å². The Morgan fingerprint density at radius 1 is 1.17 bits per heavy atom. The second-order valence-corrected chi connectivity index (χ2v) is 11.6. The Morgan fingerprint density at radius 3 is 2.51 bits per heavy atom. The van der Waals surface area contributed by atoms with Crippen molar-refractivity contribution in [1.29, 1.82) is 0 Å². The van der Waals surface area contributed by atoms with Gasteiger partial charge in [0.15, 0.2) is 11.5 Å². The molecule has 0 radical (unpaired) electrons. The number of carbonyl (C=O) groups is 1. The topological polar surface area (TPSA) is 121 Å². The van der Waals surface area contributed by atoms with Gasteiger partial charge in [-0.05, 0) is 65.1 Å². The third-order valence-electron chi connectivity index (χ3n) is 8.06. The van der Waals surface area contributed by atoms with Gasteiger partial charge in [0, 0.05) is 83.8 Å². The molecule has 41 heavy (non-hydrogen) atoms. The highest BCUT2D eigenvalue weighted by molar-refractivity contribution is 7.98. The molecule has 1 saturated heterocycles. The first-order chi connectivity index (χ1) is 19.6. The lowest BCUT2D eigenvalue weighted by molar-refractivity contribution is -0.117. The van der Waals surface area contributed by atoms with Crippen LogP contribution in [0.4, 0.5) is 5.95 Å². The van der Waals surface area contributed by atoms with E-state index in [-0.39, 0.29) is 23.9 Å². The summed E-state index contributed by atoms with van der Waals surface area (Å²) in [6.45, 7) is 10.4. The number of aryl methyl sites for hydroxylation is 1. The predicted molar refractivity (Wildman–Crippen MR) is 161 cm³/mol. The summed E-state index contributed by atoms with van der Waals surface area (Å²) in [5.41, 5.74) is 3.65. The van der Waals surface area contributed by atoms with E-state index in [2.05, 4.69) is 25.6 Å². The molecule has 10 nitrogen and oxygen atoms in total. The van der Waals surface area contributed by atoms with E-state index in [1.165, 1.54) is 11.8 Å². The molecule has 1 fully saturated rings. The van der Waals surface area contributed by atoms with Crippen LogP contribution in [0.25, 0.3) is 11.1 Å². The molecule has 3 aromatic rings. The summed E-state index contributed by atoms with van der Waals surface area (Å²) >= 11 is 1.48. The van der Waals surface area contributed by atoms with Crippen molar-refractivity contribution < 1.29 is 14.3 Å². The number of anilines is 1. The number of nitrogens with one attached hydrogen (secondary N) is 3. The minimum absolute atomic E-state index is 0.0990. The number of amides is 1. The Bertz CT molecular complexity index is 1500. The maximum absolute atomic E-state index is 13.7. The smallest absolute Gasteiger partial charge is 0.254 e. The van der Waals surface area contributed by atoms with Gasteiger partial charge in [0.2, 0.25) is 5.95 Å². The zero-order valence-electron chi connectivity index (χ0n) is 24.5. The van der Waals surface area contributed by atoms with Gasteiger partial charge in [0.1, 0.15) is 0 Å². The first-order valence-corrected chi connectivity index (χ1v) is 15.2. The lowest BCUT2D eigenvalue weighted by Crippen LogP contribution is -2.47. The molecule has 0 spiro atoms. The number of nitrogens with zero attached hydrogens (tertiary/aromatic N) is 3. The number of ether oxygens (including phenoxy) is 2. The molecule has 1 atom stereocenters. The lowest BCUT2D eigenvalue weighted by atomic mass is 9.90. The molecule has 0 aliphatic carbocycles. The van der Waals surface area contributed by atoms with Crippen molar-refractivity contribution in [3.05, 3.63) is 57.3 Å². The van der Waals surface area contributed by atoms with Crippen LogP contribution in [0, 0.1) is 19.8 Å². The van der Waals surface area contributed by atoms with Gasteiger partial charge in [-0.1, -0.05) is 0 Å². The SMILES string of the molecule is CCN(C)c1ncc(-c2cc(C(=O)NCc3c(SC)cc(C)[nH]c3=O)c(C)c3c2OC(C)(C2CCNCC2)O3)cn1. The van der Waals surface area contributed by atoms with Gasteiger partial charge in [-0.25, -0.2) is 9.97 Å². The van der Waals surface area contributed by atoms with Crippen LogP contribution in [-0.2, 0) is 6.54 Å². The van der Waals surface area contributed by atoms with Crippen molar-refractivity contribution in [1.82, 2.24) is 25.6 Å². The number of piperidine rings is 1. The fraction of sp³-hybridized carbons (Fsp3) is 0.467. The van der Waals surface area contributed by atoms with Crippen molar-refractivity contribution in [3.8, 4) is 22.6 Å². The van der Waals surface area contributed by atoms with Gasteiger partial charge < -0.3 is 30.0 Å². The minimum Gasteiger partial charge on any atom is -0.448 e. The van der Waals surface area contributed by atoms with E-state index < -0.39 is 5.79 Å². The molecular formula is C30H38N6O4S. The van der Waals surface area contributed by atoms with E-state index in [1.807, 2.05) is 58.0 Å². The number of hydrogen-bond acceptors (Lipinski definition) is 9. The predicted octanol–water partition coefficient (Wildman–Crippen LogP) is 4.04. The number of aromatic nitrogens is 3. The highest BCUT2D eigenvalue weighted by Crippen LogP contribution is 2.52. The second-order valence-electron chi connectivity index (χ2n) is 10.8. The van der Waals surface area contributed by atoms with Gasteiger partial charge in [-0.2, -0.15) is 0 Å². The quantitative estimate of drug-likeness (QED) is 0.340. The number of aromatic amines is 1. The van der Waals surface area contributed by atoms with Crippen molar-refractivity contribution >= 4 is 23.6 Å². The average molecular weight is 579 g/mol. The molecule has 2 aliphatic heterocycles. The fourth-order valence-electron chi connectivity index (χ4n) is 5.45. The zero-order valence-corrected chi connectivity index (χ0v) is 25.3. The van der Waals surface area contributed by atoms with E-state index in [0.29, 0.717) is 39.7 Å². The van der Waals surface area contributed by atoms with Gasteiger partial charge in [0.05, 0.1) is 0 Å². The summed E-state index contributed by atoms with van der Waals surface area (Å²) in [7, 11) is 1.93. The number of pyridine rings is 1. The van der Waals surface area contributed by atoms with Crippen LogP contribution in [0.3, 0.4) is 0 Å². The van der Waals surface area contributed by atoms with E-state index in [9.17, 15) is 9.59 Å². The van der Waals surface area contributed by atoms with Crippen molar-refractivity contribution in [2.24, 2.45) is 5.92 Å². The van der Waals surface area contributed by atoms with Crippen molar-refractivity contribution in [2.75, 3.05) is 37.8 Å². The van der Waals surface area contributed by atoms with E-state index >= 15 is 0 Å². The normalized spacial score (nSPS) is 18.4. The molecule has 5 rings (SSSR count). The van der Waals surface area contributed by atoms with Crippen molar-refractivity contribution in [3.63, 3.8) is 0 Å².